The first-order valence-electron chi connectivity index (χ1n) is 5.60. The summed E-state index contributed by atoms with van der Waals surface area (Å²) in [6, 6.07) is 5.01. The second kappa shape index (κ2) is 6.81. The van der Waals surface area contributed by atoms with Crippen molar-refractivity contribution < 1.29 is 19.2 Å². The summed E-state index contributed by atoms with van der Waals surface area (Å²) in [5, 5.41) is 13.2. The average Bonchev–Trinajstić information content (AvgIpc) is 2.40. The molecule has 1 N–H and O–H groups in total. The number of methoxy groups -OCH3 is 2. The summed E-state index contributed by atoms with van der Waals surface area (Å²) in [6.07, 6.45) is -0.554. The van der Waals surface area contributed by atoms with Gasteiger partial charge in [0.2, 0.25) is 0 Å². The molecule has 0 heterocycles. The number of ether oxygens (including phenoxy) is 2. The molecule has 1 rings (SSSR count). The highest BCUT2D eigenvalue weighted by Crippen LogP contribution is 2.12. The highest BCUT2D eigenvalue weighted by atomic mass is 16.7. The molecule has 7 nitrogen and oxygen atoms in total. The molecule has 104 valence electrons. The number of nitrogens with one attached hydrogen (secondary N) is 1. The van der Waals surface area contributed by atoms with E-state index in [0.717, 1.165) is 0 Å². The fraction of sp³-hybridized carbons (Fsp3) is 0.417. The Hall–Kier alpha value is -1.99. The Labute approximate surface area is 110 Å². The van der Waals surface area contributed by atoms with Gasteiger partial charge in [0.05, 0.1) is 11.0 Å². The van der Waals surface area contributed by atoms with Gasteiger partial charge in [0.25, 0.3) is 11.6 Å². The van der Waals surface area contributed by atoms with Crippen LogP contribution in [0.2, 0.25) is 0 Å². The number of hydrogen-bond donors (Lipinski definition) is 1. The summed E-state index contributed by atoms with van der Waals surface area (Å²) in [5.74, 6) is -0.346. The van der Waals surface area contributed by atoms with Gasteiger partial charge in [-0.2, -0.15) is 0 Å². The van der Waals surface area contributed by atoms with Gasteiger partial charge in [0.15, 0.2) is 6.29 Å². The van der Waals surface area contributed by atoms with Crippen molar-refractivity contribution in [2.45, 2.75) is 19.3 Å². The first-order chi connectivity index (χ1) is 8.99. The standard InChI is InChI=1S/C12H16N2O5/c1-8(12(18-2)19-3)13-11(15)9-4-6-10(7-5-9)14(16)17/h4-8,12H,1-3H3,(H,13,15). The number of carbonyl (C=O) groups is 1. The molecule has 0 spiro atoms. The van der Waals surface area contributed by atoms with Crippen LogP contribution in [0, 0.1) is 10.1 Å². The minimum Gasteiger partial charge on any atom is -0.354 e. The summed E-state index contributed by atoms with van der Waals surface area (Å²) < 4.78 is 10.0. The van der Waals surface area contributed by atoms with Gasteiger partial charge in [-0.15, -0.1) is 0 Å². The molecule has 1 amide bonds. The third kappa shape index (κ3) is 4.01. The van der Waals surface area contributed by atoms with Crippen molar-refractivity contribution in [3.05, 3.63) is 39.9 Å². The molecule has 0 saturated carbocycles. The Bertz CT molecular complexity index is 442. The number of nitro benzene ring substituents is 1. The van der Waals surface area contributed by atoms with Crippen LogP contribution in [0.15, 0.2) is 24.3 Å². The first kappa shape index (κ1) is 15.1. The predicted molar refractivity (Wildman–Crippen MR) is 67.8 cm³/mol. The molecular weight excluding hydrogens is 252 g/mol. The SMILES string of the molecule is COC(OC)C(C)NC(=O)c1ccc([N+](=O)[O-])cc1. The van der Waals surface area contributed by atoms with Gasteiger partial charge < -0.3 is 14.8 Å². The zero-order valence-electron chi connectivity index (χ0n) is 11.0. The fourth-order valence-corrected chi connectivity index (χ4v) is 1.60. The number of nitrogens with zero attached hydrogens (tertiary/aromatic N) is 1. The maximum Gasteiger partial charge on any atom is 0.269 e. The van der Waals surface area contributed by atoms with Gasteiger partial charge in [-0.25, -0.2) is 0 Å². The van der Waals surface area contributed by atoms with Gasteiger partial charge in [-0.3, -0.25) is 14.9 Å². The molecular formula is C12H16N2O5. The van der Waals surface area contributed by atoms with Crippen LogP contribution in [-0.2, 0) is 9.47 Å². The summed E-state index contributed by atoms with van der Waals surface area (Å²) in [6.45, 7) is 1.74. The van der Waals surface area contributed by atoms with E-state index in [1.54, 1.807) is 6.92 Å². The van der Waals surface area contributed by atoms with Crippen LogP contribution in [0.3, 0.4) is 0 Å². The number of amides is 1. The van der Waals surface area contributed by atoms with E-state index in [1.165, 1.54) is 38.5 Å². The smallest absolute Gasteiger partial charge is 0.269 e. The normalized spacial score (nSPS) is 12.2. The zero-order valence-corrected chi connectivity index (χ0v) is 11.0. The second-order valence-electron chi connectivity index (χ2n) is 3.91. The molecule has 1 atom stereocenters. The van der Waals surface area contributed by atoms with Crippen LogP contribution in [-0.4, -0.2) is 37.4 Å². The lowest BCUT2D eigenvalue weighted by Gasteiger charge is -2.22. The van der Waals surface area contributed by atoms with Crippen LogP contribution >= 0.6 is 0 Å². The Morgan fingerprint density at radius 1 is 1.26 bits per heavy atom. The van der Waals surface area contributed by atoms with E-state index in [1.807, 2.05) is 0 Å². The lowest BCUT2D eigenvalue weighted by Crippen LogP contribution is -2.42. The largest absolute Gasteiger partial charge is 0.354 e. The third-order valence-corrected chi connectivity index (χ3v) is 2.57. The van der Waals surface area contributed by atoms with Crippen LogP contribution in [0.25, 0.3) is 0 Å². The fourth-order valence-electron chi connectivity index (χ4n) is 1.60. The summed E-state index contributed by atoms with van der Waals surface area (Å²) >= 11 is 0. The predicted octanol–water partition coefficient (Wildman–Crippen LogP) is 1.33. The van der Waals surface area contributed by atoms with Crippen molar-refractivity contribution in [2.75, 3.05) is 14.2 Å². The molecule has 0 saturated heterocycles. The number of rotatable bonds is 6. The Kier molecular flexibility index (Phi) is 5.40. The van der Waals surface area contributed by atoms with Gasteiger partial charge in [0.1, 0.15) is 0 Å². The van der Waals surface area contributed by atoms with E-state index in [2.05, 4.69) is 5.32 Å². The average molecular weight is 268 g/mol. The minimum absolute atomic E-state index is 0.0590. The highest BCUT2D eigenvalue weighted by Gasteiger charge is 2.19. The third-order valence-electron chi connectivity index (χ3n) is 2.57. The topological polar surface area (TPSA) is 90.7 Å². The quantitative estimate of drug-likeness (QED) is 0.477. The summed E-state index contributed by atoms with van der Waals surface area (Å²) in [4.78, 5) is 21.9. The number of nitro groups is 1. The van der Waals surface area contributed by atoms with E-state index in [-0.39, 0.29) is 17.6 Å². The lowest BCUT2D eigenvalue weighted by atomic mass is 10.2. The van der Waals surface area contributed by atoms with Crippen LogP contribution < -0.4 is 5.32 Å². The van der Waals surface area contributed by atoms with Crippen LogP contribution in [0.5, 0.6) is 0 Å². The van der Waals surface area contributed by atoms with Crippen molar-refractivity contribution in [1.82, 2.24) is 5.32 Å². The van der Waals surface area contributed by atoms with Crippen LogP contribution in [0.4, 0.5) is 5.69 Å². The van der Waals surface area contributed by atoms with Gasteiger partial charge in [-0.05, 0) is 19.1 Å². The lowest BCUT2D eigenvalue weighted by molar-refractivity contribution is -0.384. The molecule has 1 aromatic rings. The van der Waals surface area contributed by atoms with E-state index >= 15 is 0 Å². The molecule has 0 aliphatic carbocycles. The maximum absolute atomic E-state index is 11.9. The van der Waals surface area contributed by atoms with Crippen molar-refractivity contribution >= 4 is 11.6 Å². The van der Waals surface area contributed by atoms with Crippen molar-refractivity contribution in [2.24, 2.45) is 0 Å². The molecule has 7 heteroatoms. The monoisotopic (exact) mass is 268 g/mol. The second-order valence-corrected chi connectivity index (χ2v) is 3.91. The molecule has 0 aliphatic heterocycles. The van der Waals surface area contributed by atoms with Gasteiger partial charge >= 0.3 is 0 Å². The molecule has 1 unspecified atom stereocenters. The summed E-state index contributed by atoms with van der Waals surface area (Å²) in [7, 11) is 2.95. The number of non-ortho nitro benzene ring substituents is 1. The van der Waals surface area contributed by atoms with Crippen molar-refractivity contribution in [1.29, 1.82) is 0 Å². The molecule has 0 aromatic heterocycles. The summed E-state index contributed by atoms with van der Waals surface area (Å²) in [5.41, 5.74) is 0.277. The van der Waals surface area contributed by atoms with Crippen molar-refractivity contribution in [3.8, 4) is 0 Å². The molecule has 0 radical (unpaired) electrons. The maximum atomic E-state index is 11.9. The number of hydrogen-bond acceptors (Lipinski definition) is 5. The molecule has 0 aliphatic rings. The van der Waals surface area contributed by atoms with E-state index < -0.39 is 11.2 Å². The Morgan fingerprint density at radius 3 is 2.21 bits per heavy atom. The zero-order chi connectivity index (χ0) is 14.4. The van der Waals surface area contributed by atoms with E-state index in [4.69, 9.17) is 9.47 Å². The van der Waals surface area contributed by atoms with Gasteiger partial charge in [-0.1, -0.05) is 0 Å². The van der Waals surface area contributed by atoms with E-state index in [0.29, 0.717) is 5.56 Å². The number of carbonyl (C=O) groups excluding carboxylic acids is 1. The van der Waals surface area contributed by atoms with Gasteiger partial charge in [0, 0.05) is 31.9 Å². The van der Waals surface area contributed by atoms with Crippen LogP contribution in [0.1, 0.15) is 17.3 Å². The molecule has 0 fully saturated rings. The van der Waals surface area contributed by atoms with Crippen molar-refractivity contribution in [3.63, 3.8) is 0 Å². The molecule has 1 aromatic carbocycles. The Morgan fingerprint density at radius 2 is 1.79 bits per heavy atom. The molecule has 19 heavy (non-hydrogen) atoms. The highest BCUT2D eigenvalue weighted by molar-refractivity contribution is 5.94. The first-order valence-corrected chi connectivity index (χ1v) is 5.60. The molecule has 0 bridgehead atoms. The minimum atomic E-state index is -0.554. The Balaban J connectivity index is 2.70. The van der Waals surface area contributed by atoms with E-state index in [9.17, 15) is 14.9 Å². The number of benzene rings is 1.